The summed E-state index contributed by atoms with van der Waals surface area (Å²) in [4.78, 5) is 34.8. The molecule has 1 aliphatic carbocycles. The number of piperazine rings is 1. The van der Waals surface area contributed by atoms with E-state index in [4.69, 9.17) is 25.2 Å². The van der Waals surface area contributed by atoms with Gasteiger partial charge in [0.25, 0.3) is 5.91 Å². The topological polar surface area (TPSA) is 134 Å². The molecule has 0 bridgehead atoms. The van der Waals surface area contributed by atoms with Gasteiger partial charge in [0.2, 0.25) is 0 Å². The molecule has 3 aliphatic heterocycles. The molecule has 256 valence electrons. The fourth-order valence-corrected chi connectivity index (χ4v) is 7.82. The van der Waals surface area contributed by atoms with Crippen LogP contribution < -0.4 is 26.0 Å². The molecule has 3 saturated heterocycles. The lowest BCUT2D eigenvalue weighted by molar-refractivity contribution is -0.131. The Morgan fingerprint density at radius 3 is 2.38 bits per heavy atom. The zero-order valence-electron chi connectivity index (χ0n) is 28.5. The fraction of sp³-hybridized carbons (Fsp3) is 0.556. The van der Waals surface area contributed by atoms with E-state index in [0.29, 0.717) is 40.2 Å². The van der Waals surface area contributed by atoms with Crippen LogP contribution in [0.5, 0.6) is 5.75 Å². The number of piperidine rings is 1. The Morgan fingerprint density at radius 1 is 0.979 bits per heavy atom. The monoisotopic (exact) mass is 655 g/mol. The molecule has 1 saturated carbocycles. The van der Waals surface area contributed by atoms with Gasteiger partial charge in [-0.05, 0) is 88.4 Å². The van der Waals surface area contributed by atoms with E-state index in [1.54, 1.807) is 19.4 Å². The third kappa shape index (κ3) is 6.79. The Bertz CT molecular complexity index is 1600. The molecular formula is C36H49N9O3. The van der Waals surface area contributed by atoms with E-state index in [0.717, 1.165) is 76.3 Å². The first-order valence-corrected chi connectivity index (χ1v) is 17.4. The molecule has 3 aromatic rings. The molecule has 4 N–H and O–H groups in total. The first kappa shape index (κ1) is 32.5. The number of hydrogen-bond acceptors (Lipinski definition) is 11. The van der Waals surface area contributed by atoms with Crippen molar-refractivity contribution in [2.45, 2.75) is 57.5 Å². The highest BCUT2D eigenvalue weighted by Gasteiger charge is 2.42. The van der Waals surface area contributed by atoms with Crippen molar-refractivity contribution in [3.8, 4) is 17.1 Å². The molecule has 1 aromatic carbocycles. The number of carbonyl (C=O) groups excluding carboxylic acids is 1. The number of methoxy groups -OCH3 is 1. The van der Waals surface area contributed by atoms with Crippen molar-refractivity contribution in [3.05, 3.63) is 47.8 Å². The maximum atomic E-state index is 12.8. The average Bonchev–Trinajstić information content (AvgIpc) is 3.08. The van der Waals surface area contributed by atoms with Crippen LogP contribution in [0.3, 0.4) is 0 Å². The van der Waals surface area contributed by atoms with Gasteiger partial charge in [0.15, 0.2) is 17.3 Å². The molecule has 0 radical (unpaired) electrons. The second-order valence-electron chi connectivity index (χ2n) is 14.1. The molecule has 0 unspecified atom stereocenters. The predicted octanol–water partition coefficient (Wildman–Crippen LogP) is 4.29. The number of carbonyl (C=O) groups is 1. The molecule has 12 heteroatoms. The van der Waals surface area contributed by atoms with Crippen LogP contribution >= 0.6 is 0 Å². The number of primary amides is 1. The van der Waals surface area contributed by atoms with Crippen LogP contribution in [0.2, 0.25) is 0 Å². The van der Waals surface area contributed by atoms with Crippen molar-refractivity contribution in [2.75, 3.05) is 82.2 Å². The van der Waals surface area contributed by atoms with E-state index in [-0.39, 0.29) is 11.7 Å². The normalized spacial score (nSPS) is 20.8. The number of amides is 1. The van der Waals surface area contributed by atoms with Gasteiger partial charge in [0.05, 0.1) is 20.3 Å². The Hall–Kier alpha value is -4.00. The molecule has 2 aromatic heterocycles. The summed E-state index contributed by atoms with van der Waals surface area (Å²) in [5, 5.41) is 7.04. The van der Waals surface area contributed by atoms with Crippen LogP contribution in [0.15, 0.2) is 36.5 Å². The summed E-state index contributed by atoms with van der Waals surface area (Å²) < 4.78 is 11.2. The average molecular weight is 656 g/mol. The van der Waals surface area contributed by atoms with Gasteiger partial charge in [-0.2, -0.15) is 0 Å². The number of benzene rings is 1. The second kappa shape index (κ2) is 13.9. The van der Waals surface area contributed by atoms with Crippen LogP contribution in [0.4, 0.5) is 23.0 Å². The van der Waals surface area contributed by atoms with E-state index in [2.05, 4.69) is 56.4 Å². The van der Waals surface area contributed by atoms with Crippen LogP contribution in [-0.2, 0) is 4.74 Å². The van der Waals surface area contributed by atoms with Crippen LogP contribution in [0.25, 0.3) is 11.4 Å². The van der Waals surface area contributed by atoms with Gasteiger partial charge in [-0.25, -0.2) is 9.97 Å². The van der Waals surface area contributed by atoms with Crippen LogP contribution in [0, 0.1) is 12.3 Å². The SMILES string of the molecule is COc1cccnc1-c1nc(C(N)=O)c(Nc2ccc(N3CCC(N4CCN(C)CC4)CC3)c(C)c2)nc1NC1CCC2(CC1)COC2. The van der Waals surface area contributed by atoms with Crippen LogP contribution in [-0.4, -0.2) is 109 Å². The van der Waals surface area contributed by atoms with Gasteiger partial charge in [0, 0.05) is 74.3 Å². The maximum absolute atomic E-state index is 12.8. The molecule has 4 fully saturated rings. The van der Waals surface area contributed by atoms with Crippen molar-refractivity contribution >= 4 is 28.9 Å². The van der Waals surface area contributed by atoms with Crippen molar-refractivity contribution in [1.82, 2.24) is 24.8 Å². The first-order chi connectivity index (χ1) is 23.3. The van der Waals surface area contributed by atoms with Crippen molar-refractivity contribution in [3.63, 3.8) is 0 Å². The van der Waals surface area contributed by atoms with E-state index < -0.39 is 5.91 Å². The highest BCUT2D eigenvalue weighted by atomic mass is 16.5. The van der Waals surface area contributed by atoms with E-state index in [9.17, 15) is 4.79 Å². The van der Waals surface area contributed by atoms with E-state index >= 15 is 0 Å². The van der Waals surface area contributed by atoms with Gasteiger partial charge in [0.1, 0.15) is 17.1 Å². The number of aryl methyl sites for hydroxylation is 1. The third-order valence-corrected chi connectivity index (χ3v) is 10.9. The molecule has 7 rings (SSSR count). The number of nitrogens with one attached hydrogen (secondary N) is 2. The van der Waals surface area contributed by atoms with Crippen molar-refractivity contribution in [2.24, 2.45) is 11.1 Å². The maximum Gasteiger partial charge on any atom is 0.271 e. The number of nitrogens with two attached hydrogens (primary N) is 1. The van der Waals surface area contributed by atoms with Gasteiger partial charge < -0.3 is 35.6 Å². The number of likely N-dealkylation sites (N-methyl/N-ethyl adjacent to an activating group) is 1. The smallest absolute Gasteiger partial charge is 0.271 e. The highest BCUT2D eigenvalue weighted by Crippen LogP contribution is 2.43. The summed E-state index contributed by atoms with van der Waals surface area (Å²) >= 11 is 0. The Balaban J connectivity index is 1.12. The zero-order valence-corrected chi connectivity index (χ0v) is 28.5. The van der Waals surface area contributed by atoms with Gasteiger partial charge in [-0.3, -0.25) is 14.7 Å². The van der Waals surface area contributed by atoms with Gasteiger partial charge >= 0.3 is 0 Å². The summed E-state index contributed by atoms with van der Waals surface area (Å²) in [6, 6.07) is 10.8. The van der Waals surface area contributed by atoms with E-state index in [1.807, 2.05) is 12.1 Å². The number of aromatic nitrogens is 3. The number of nitrogens with zero attached hydrogens (tertiary/aromatic N) is 6. The Morgan fingerprint density at radius 2 is 1.73 bits per heavy atom. The largest absolute Gasteiger partial charge is 0.494 e. The number of hydrogen-bond donors (Lipinski definition) is 3. The summed E-state index contributed by atoms with van der Waals surface area (Å²) in [5.74, 6) is 0.721. The lowest BCUT2D eigenvalue weighted by Gasteiger charge is -2.46. The highest BCUT2D eigenvalue weighted by molar-refractivity contribution is 5.97. The standard InChI is InChI=1S/C36H49N9O3/c1-24-21-26(6-7-28(24)45-15-10-27(11-16-45)44-19-17-43(2)18-20-44)40-35-32(33(37)46)41-31(30-29(47-3)5-4-14-38-30)34(42-35)39-25-8-12-36(13-9-25)22-48-23-36/h4-7,14,21,25,27H,8-13,15-20,22-23H2,1-3H3,(H2,37,46)(H2,39,40,42). The lowest BCUT2D eigenvalue weighted by atomic mass is 9.71. The molecular weight excluding hydrogens is 606 g/mol. The minimum absolute atomic E-state index is 0.0465. The molecule has 12 nitrogen and oxygen atoms in total. The molecule has 5 heterocycles. The fourth-order valence-electron chi connectivity index (χ4n) is 7.82. The molecule has 0 atom stereocenters. The second-order valence-corrected chi connectivity index (χ2v) is 14.1. The summed E-state index contributed by atoms with van der Waals surface area (Å²) in [6.07, 6.45) is 8.24. The number of rotatable bonds is 9. The predicted molar refractivity (Wildman–Crippen MR) is 188 cm³/mol. The molecule has 1 amide bonds. The first-order valence-electron chi connectivity index (χ1n) is 17.4. The number of anilines is 4. The van der Waals surface area contributed by atoms with Gasteiger partial charge in [-0.1, -0.05) is 0 Å². The Kier molecular flexibility index (Phi) is 9.39. The zero-order chi connectivity index (χ0) is 33.3. The Labute approximate surface area is 283 Å². The van der Waals surface area contributed by atoms with Crippen LogP contribution in [0.1, 0.15) is 54.6 Å². The minimum atomic E-state index is -0.672. The summed E-state index contributed by atoms with van der Waals surface area (Å²) in [5.41, 5.74) is 10.4. The summed E-state index contributed by atoms with van der Waals surface area (Å²) in [7, 11) is 3.80. The minimum Gasteiger partial charge on any atom is -0.494 e. The third-order valence-electron chi connectivity index (χ3n) is 10.9. The van der Waals surface area contributed by atoms with Crippen molar-refractivity contribution < 1.29 is 14.3 Å². The molecule has 1 spiro atoms. The molecule has 48 heavy (non-hydrogen) atoms. The number of pyridine rings is 1. The number of ether oxygens (including phenoxy) is 2. The lowest BCUT2D eigenvalue weighted by Crippen LogP contribution is -2.52. The molecule has 4 aliphatic rings. The van der Waals surface area contributed by atoms with Gasteiger partial charge in [-0.15, -0.1) is 0 Å². The quantitative estimate of drug-likeness (QED) is 0.305. The van der Waals surface area contributed by atoms with E-state index in [1.165, 1.54) is 31.6 Å². The van der Waals surface area contributed by atoms with Crippen molar-refractivity contribution in [1.29, 1.82) is 0 Å². The summed E-state index contributed by atoms with van der Waals surface area (Å²) in [6.45, 7) is 10.6.